The van der Waals surface area contributed by atoms with Gasteiger partial charge in [0.1, 0.15) is 0 Å². The van der Waals surface area contributed by atoms with Crippen molar-refractivity contribution in [3.63, 3.8) is 0 Å². The molecular weight excluding hydrogens is 526 g/mol. The van der Waals surface area contributed by atoms with E-state index in [-0.39, 0.29) is 29.9 Å². The molecule has 3 aromatic carbocycles. The van der Waals surface area contributed by atoms with Gasteiger partial charge in [-0.25, -0.2) is 0 Å². The largest absolute Gasteiger partial charge is 0.416 e. The highest BCUT2D eigenvalue weighted by Gasteiger charge is 2.37. The number of anilines is 1. The Morgan fingerprint density at radius 2 is 1.38 bits per heavy atom. The van der Waals surface area contributed by atoms with Gasteiger partial charge in [-0.3, -0.25) is 15.0 Å². The maximum Gasteiger partial charge on any atom is 0.416 e. The Morgan fingerprint density at radius 3 is 1.90 bits per heavy atom. The van der Waals surface area contributed by atoms with Crippen molar-refractivity contribution in [1.82, 2.24) is 10.2 Å². The van der Waals surface area contributed by atoms with Crippen molar-refractivity contribution in [2.24, 2.45) is 0 Å². The maximum atomic E-state index is 13.2. The summed E-state index contributed by atoms with van der Waals surface area (Å²) >= 11 is 0. The van der Waals surface area contributed by atoms with Crippen LogP contribution in [-0.2, 0) is 18.9 Å². The first-order valence-electron chi connectivity index (χ1n) is 12.2. The minimum atomic E-state index is -4.90. The lowest BCUT2D eigenvalue weighted by Crippen LogP contribution is -2.49. The van der Waals surface area contributed by atoms with Crippen molar-refractivity contribution < 1.29 is 31.3 Å². The molecule has 208 valence electrons. The van der Waals surface area contributed by atoms with Crippen molar-refractivity contribution in [2.75, 3.05) is 37.6 Å². The lowest BCUT2D eigenvalue weighted by Gasteiger charge is -2.40. The van der Waals surface area contributed by atoms with Gasteiger partial charge >= 0.3 is 12.4 Å². The predicted octanol–water partition coefficient (Wildman–Crippen LogP) is 6.29. The summed E-state index contributed by atoms with van der Waals surface area (Å²) in [6, 6.07) is 17.2. The molecule has 6 nitrogen and oxygen atoms in total. The van der Waals surface area contributed by atoms with Crippen molar-refractivity contribution in [3.8, 4) is 0 Å². The van der Waals surface area contributed by atoms with Gasteiger partial charge < -0.3 is 10.2 Å². The standard InChI is InChI=1S/C27H26F6N4O2/c28-26(29,30)21-14-19(15-22(16-21)27(31,32)33)17-34-18-25(20-4-2-1-3-5-20)36-12-10-35(11-13-36)23-6-8-24(9-7-23)37(38)39/h1-9,14-16,25,34H,10-13,17-18H2. The number of nitrogens with one attached hydrogen (secondary N) is 1. The molecule has 0 bridgehead atoms. The topological polar surface area (TPSA) is 61.7 Å². The van der Waals surface area contributed by atoms with Gasteiger partial charge in [-0.05, 0) is 41.5 Å². The van der Waals surface area contributed by atoms with Crippen LogP contribution in [0.4, 0.5) is 37.7 Å². The minimum Gasteiger partial charge on any atom is -0.369 e. The molecule has 4 rings (SSSR count). The van der Waals surface area contributed by atoms with Crippen LogP contribution in [0.5, 0.6) is 0 Å². The summed E-state index contributed by atoms with van der Waals surface area (Å²) in [6.45, 7) is 2.70. The SMILES string of the molecule is O=[N+]([O-])c1ccc(N2CCN(C(CNCc3cc(C(F)(F)F)cc(C(F)(F)F)c3)c3ccccc3)CC2)cc1. The van der Waals surface area contributed by atoms with Crippen LogP contribution in [0.15, 0.2) is 72.8 Å². The van der Waals surface area contributed by atoms with E-state index in [1.807, 2.05) is 30.3 Å². The summed E-state index contributed by atoms with van der Waals surface area (Å²) in [5.74, 6) is 0. The quantitative estimate of drug-likeness (QED) is 0.202. The molecule has 0 spiro atoms. The molecule has 0 radical (unpaired) electrons. The average molecular weight is 553 g/mol. The molecule has 39 heavy (non-hydrogen) atoms. The highest BCUT2D eigenvalue weighted by atomic mass is 19.4. The second-order valence-electron chi connectivity index (χ2n) is 9.27. The van der Waals surface area contributed by atoms with E-state index in [1.54, 1.807) is 12.1 Å². The van der Waals surface area contributed by atoms with Crippen molar-refractivity contribution in [1.29, 1.82) is 0 Å². The van der Waals surface area contributed by atoms with Crippen LogP contribution in [0.1, 0.15) is 28.3 Å². The lowest BCUT2D eigenvalue weighted by atomic mass is 10.0. The van der Waals surface area contributed by atoms with Crippen LogP contribution >= 0.6 is 0 Å². The molecule has 0 saturated carbocycles. The first kappa shape index (κ1) is 28.4. The smallest absolute Gasteiger partial charge is 0.369 e. The number of non-ortho nitro benzene ring substituents is 1. The zero-order valence-corrected chi connectivity index (χ0v) is 20.7. The van der Waals surface area contributed by atoms with Crippen LogP contribution in [0.3, 0.4) is 0 Å². The molecule has 0 aliphatic carbocycles. The highest BCUT2D eigenvalue weighted by Crippen LogP contribution is 2.36. The van der Waals surface area contributed by atoms with Crippen molar-refractivity contribution in [2.45, 2.75) is 24.9 Å². The second kappa shape index (κ2) is 11.6. The Morgan fingerprint density at radius 1 is 0.821 bits per heavy atom. The molecule has 1 N–H and O–H groups in total. The van der Waals surface area contributed by atoms with Gasteiger partial charge in [-0.2, -0.15) is 26.3 Å². The molecule has 1 aliphatic rings. The van der Waals surface area contributed by atoms with E-state index in [4.69, 9.17) is 0 Å². The van der Waals surface area contributed by atoms with Gasteiger partial charge in [0, 0.05) is 63.1 Å². The zero-order valence-electron chi connectivity index (χ0n) is 20.7. The molecule has 0 aromatic heterocycles. The van der Waals surface area contributed by atoms with E-state index in [0.717, 1.165) is 23.4 Å². The summed E-state index contributed by atoms with van der Waals surface area (Å²) in [7, 11) is 0. The first-order chi connectivity index (χ1) is 18.4. The molecule has 3 aromatic rings. The number of nitro groups is 1. The zero-order chi connectivity index (χ0) is 28.2. The number of hydrogen-bond acceptors (Lipinski definition) is 5. The summed E-state index contributed by atoms with van der Waals surface area (Å²) < 4.78 is 79.4. The van der Waals surface area contributed by atoms with E-state index in [9.17, 15) is 36.5 Å². The van der Waals surface area contributed by atoms with Crippen molar-refractivity contribution >= 4 is 11.4 Å². The second-order valence-corrected chi connectivity index (χ2v) is 9.27. The molecule has 1 heterocycles. The summed E-state index contributed by atoms with van der Waals surface area (Å²) in [6.07, 6.45) is -9.79. The number of rotatable bonds is 8. The molecule has 1 unspecified atom stereocenters. The van der Waals surface area contributed by atoms with Gasteiger partial charge in [-0.1, -0.05) is 30.3 Å². The fourth-order valence-electron chi connectivity index (χ4n) is 4.68. The Labute approximate surface area is 221 Å². The number of alkyl halides is 6. The highest BCUT2D eigenvalue weighted by molar-refractivity contribution is 5.51. The normalized spacial score (nSPS) is 15.8. The number of nitrogens with zero attached hydrogens (tertiary/aromatic N) is 3. The van der Waals surface area contributed by atoms with Crippen LogP contribution in [0.25, 0.3) is 0 Å². The minimum absolute atomic E-state index is 0.00993. The summed E-state index contributed by atoms with van der Waals surface area (Å²) in [5.41, 5.74) is -0.941. The summed E-state index contributed by atoms with van der Waals surface area (Å²) in [5, 5.41) is 14.0. The fraction of sp³-hybridized carbons (Fsp3) is 0.333. The Bertz CT molecular complexity index is 1230. The number of piperazine rings is 1. The third-order valence-corrected chi connectivity index (χ3v) is 6.68. The molecular formula is C27H26F6N4O2. The first-order valence-corrected chi connectivity index (χ1v) is 12.2. The van der Waals surface area contributed by atoms with Crippen LogP contribution in [0, 0.1) is 10.1 Å². The summed E-state index contributed by atoms with van der Waals surface area (Å²) in [4.78, 5) is 14.8. The fourth-order valence-corrected chi connectivity index (χ4v) is 4.68. The van der Waals surface area contributed by atoms with E-state index in [0.29, 0.717) is 32.7 Å². The van der Waals surface area contributed by atoms with Gasteiger partial charge in [0.25, 0.3) is 5.69 Å². The van der Waals surface area contributed by atoms with Gasteiger partial charge in [-0.15, -0.1) is 0 Å². The maximum absolute atomic E-state index is 13.2. The van der Waals surface area contributed by atoms with Crippen LogP contribution in [0.2, 0.25) is 0 Å². The number of halogens is 6. The van der Waals surface area contributed by atoms with E-state index in [2.05, 4.69) is 15.1 Å². The average Bonchev–Trinajstić information content (AvgIpc) is 2.91. The molecule has 1 atom stereocenters. The Hall–Kier alpha value is -3.64. The van der Waals surface area contributed by atoms with Gasteiger partial charge in [0.15, 0.2) is 0 Å². The third kappa shape index (κ3) is 7.27. The van der Waals surface area contributed by atoms with Crippen LogP contribution < -0.4 is 10.2 Å². The Kier molecular flexibility index (Phi) is 8.45. The van der Waals surface area contributed by atoms with Gasteiger partial charge in [0.2, 0.25) is 0 Å². The van der Waals surface area contributed by atoms with E-state index < -0.39 is 28.4 Å². The molecule has 1 saturated heterocycles. The lowest BCUT2D eigenvalue weighted by molar-refractivity contribution is -0.384. The number of nitro benzene ring substituents is 1. The van der Waals surface area contributed by atoms with E-state index >= 15 is 0 Å². The van der Waals surface area contributed by atoms with E-state index in [1.165, 1.54) is 12.1 Å². The monoisotopic (exact) mass is 552 g/mol. The Balaban J connectivity index is 1.45. The molecule has 12 heteroatoms. The third-order valence-electron chi connectivity index (χ3n) is 6.68. The van der Waals surface area contributed by atoms with Crippen molar-refractivity contribution in [3.05, 3.63) is 105 Å². The van der Waals surface area contributed by atoms with Crippen LogP contribution in [-0.4, -0.2) is 42.5 Å². The molecule has 1 fully saturated rings. The predicted molar refractivity (Wildman–Crippen MR) is 134 cm³/mol. The number of hydrogen-bond donors (Lipinski definition) is 1. The number of benzene rings is 3. The molecule has 1 aliphatic heterocycles. The molecule has 0 amide bonds. The van der Waals surface area contributed by atoms with Gasteiger partial charge in [0.05, 0.1) is 16.1 Å².